The monoisotopic (exact) mass is 356 g/mol. The summed E-state index contributed by atoms with van der Waals surface area (Å²) in [6.07, 6.45) is -0.346. The van der Waals surface area contributed by atoms with Crippen LogP contribution in [0.3, 0.4) is 0 Å². The molecule has 0 amide bonds. The van der Waals surface area contributed by atoms with E-state index >= 15 is 0 Å². The molecule has 0 heterocycles. The number of rotatable bonds is 9. The molecule has 0 aromatic heterocycles. The second-order valence-corrected chi connectivity index (χ2v) is 5.67. The molecule has 26 heavy (non-hydrogen) atoms. The highest BCUT2D eigenvalue weighted by Crippen LogP contribution is 2.13. The van der Waals surface area contributed by atoms with Crippen LogP contribution in [0.1, 0.15) is 24.0 Å². The molecular formula is C20H20O6. The summed E-state index contributed by atoms with van der Waals surface area (Å²) < 4.78 is 10.1. The molecule has 0 aliphatic rings. The minimum Gasteiger partial charge on any atom is -0.481 e. The van der Waals surface area contributed by atoms with Crippen LogP contribution in [0, 0.1) is 5.92 Å². The molecule has 1 N–H and O–H groups in total. The SMILES string of the molecule is O=C(CCC(C(=O)O)C(=O)OCc1ccccc1)OCc1ccccc1. The van der Waals surface area contributed by atoms with Crippen LogP contribution in [-0.4, -0.2) is 23.0 Å². The lowest BCUT2D eigenvalue weighted by atomic mass is 10.0. The van der Waals surface area contributed by atoms with Gasteiger partial charge in [-0.1, -0.05) is 60.7 Å². The van der Waals surface area contributed by atoms with Gasteiger partial charge in [-0.2, -0.15) is 0 Å². The summed E-state index contributed by atoms with van der Waals surface area (Å²) in [6, 6.07) is 18.1. The summed E-state index contributed by atoms with van der Waals surface area (Å²) in [7, 11) is 0. The molecule has 0 saturated carbocycles. The fourth-order valence-electron chi connectivity index (χ4n) is 2.24. The summed E-state index contributed by atoms with van der Waals surface area (Å²) in [5.41, 5.74) is 1.59. The minimum absolute atomic E-state index is 0.0120. The number of hydrogen-bond donors (Lipinski definition) is 1. The van der Waals surface area contributed by atoms with Gasteiger partial charge in [0, 0.05) is 6.42 Å². The highest BCUT2D eigenvalue weighted by Gasteiger charge is 2.28. The van der Waals surface area contributed by atoms with Crippen molar-refractivity contribution >= 4 is 17.9 Å². The van der Waals surface area contributed by atoms with Crippen LogP contribution in [0.4, 0.5) is 0 Å². The van der Waals surface area contributed by atoms with Gasteiger partial charge in [0.2, 0.25) is 0 Å². The summed E-state index contributed by atoms with van der Waals surface area (Å²) in [4.78, 5) is 35.1. The Morgan fingerprint density at radius 3 is 1.81 bits per heavy atom. The number of esters is 2. The van der Waals surface area contributed by atoms with Crippen molar-refractivity contribution in [3.8, 4) is 0 Å². The van der Waals surface area contributed by atoms with Crippen molar-refractivity contribution in [3.05, 3.63) is 71.8 Å². The van der Waals surface area contributed by atoms with Gasteiger partial charge < -0.3 is 14.6 Å². The van der Waals surface area contributed by atoms with E-state index < -0.39 is 23.8 Å². The summed E-state index contributed by atoms with van der Waals surface area (Å²) >= 11 is 0. The standard InChI is InChI=1S/C20H20O6/c21-18(25-13-15-7-3-1-4-8-15)12-11-17(19(22)23)20(24)26-14-16-9-5-2-6-10-16/h1-10,17H,11-14H2,(H,22,23). The van der Waals surface area contributed by atoms with Gasteiger partial charge in [-0.25, -0.2) is 0 Å². The van der Waals surface area contributed by atoms with Crippen molar-refractivity contribution in [2.45, 2.75) is 26.1 Å². The normalized spacial score (nSPS) is 11.4. The van der Waals surface area contributed by atoms with Crippen LogP contribution in [0.2, 0.25) is 0 Å². The number of carbonyl (C=O) groups is 3. The van der Waals surface area contributed by atoms with Gasteiger partial charge >= 0.3 is 17.9 Å². The molecule has 6 nitrogen and oxygen atoms in total. The van der Waals surface area contributed by atoms with Gasteiger partial charge in [0.1, 0.15) is 13.2 Å². The van der Waals surface area contributed by atoms with Crippen molar-refractivity contribution in [1.29, 1.82) is 0 Å². The Balaban J connectivity index is 1.78. The van der Waals surface area contributed by atoms with E-state index in [1.807, 2.05) is 36.4 Å². The topological polar surface area (TPSA) is 89.9 Å². The molecule has 0 aliphatic heterocycles. The van der Waals surface area contributed by atoms with Crippen LogP contribution < -0.4 is 0 Å². The third-order valence-corrected chi connectivity index (χ3v) is 3.69. The number of benzene rings is 2. The summed E-state index contributed by atoms with van der Waals surface area (Å²) in [5, 5.41) is 9.21. The Morgan fingerprint density at radius 1 is 0.808 bits per heavy atom. The lowest BCUT2D eigenvalue weighted by Gasteiger charge is -2.12. The smallest absolute Gasteiger partial charge is 0.320 e. The molecule has 2 rings (SSSR count). The first-order valence-electron chi connectivity index (χ1n) is 8.19. The maximum atomic E-state index is 12.0. The van der Waals surface area contributed by atoms with E-state index in [1.54, 1.807) is 24.3 Å². The predicted octanol–water partition coefficient (Wildman–Crippen LogP) is 2.95. The third-order valence-electron chi connectivity index (χ3n) is 3.69. The average Bonchev–Trinajstić information content (AvgIpc) is 2.66. The van der Waals surface area contributed by atoms with E-state index in [4.69, 9.17) is 9.47 Å². The molecular weight excluding hydrogens is 336 g/mol. The molecule has 0 aliphatic carbocycles. The average molecular weight is 356 g/mol. The van der Waals surface area contributed by atoms with Crippen LogP contribution in [-0.2, 0) is 37.1 Å². The van der Waals surface area contributed by atoms with Crippen molar-refractivity contribution in [2.75, 3.05) is 0 Å². The highest BCUT2D eigenvalue weighted by molar-refractivity contribution is 5.94. The molecule has 2 aromatic carbocycles. The molecule has 6 heteroatoms. The molecule has 0 bridgehead atoms. The van der Waals surface area contributed by atoms with E-state index in [0.717, 1.165) is 11.1 Å². The number of carboxylic acids is 1. The first-order chi connectivity index (χ1) is 12.6. The number of aliphatic carboxylic acids is 1. The number of hydrogen-bond acceptors (Lipinski definition) is 5. The van der Waals surface area contributed by atoms with E-state index in [-0.39, 0.29) is 26.1 Å². The number of carbonyl (C=O) groups excluding carboxylic acids is 2. The van der Waals surface area contributed by atoms with Crippen molar-refractivity contribution in [3.63, 3.8) is 0 Å². The minimum atomic E-state index is -1.40. The fourth-order valence-corrected chi connectivity index (χ4v) is 2.24. The lowest BCUT2D eigenvalue weighted by molar-refractivity contribution is -0.160. The van der Waals surface area contributed by atoms with Crippen molar-refractivity contribution < 1.29 is 29.0 Å². The Bertz CT molecular complexity index is 726. The first kappa shape index (κ1) is 19.2. The van der Waals surface area contributed by atoms with Gasteiger partial charge in [-0.3, -0.25) is 14.4 Å². The molecule has 0 spiro atoms. The lowest BCUT2D eigenvalue weighted by Crippen LogP contribution is -2.26. The second kappa shape index (κ2) is 9.98. The summed E-state index contributed by atoms with van der Waals surface area (Å²) in [5.74, 6) is -4.14. The van der Waals surface area contributed by atoms with E-state index in [2.05, 4.69) is 0 Å². The quantitative estimate of drug-likeness (QED) is 0.549. The number of ether oxygens (including phenoxy) is 2. The molecule has 0 saturated heterocycles. The Hall–Kier alpha value is -3.15. The molecule has 2 aromatic rings. The maximum absolute atomic E-state index is 12.0. The third kappa shape index (κ3) is 6.39. The zero-order valence-corrected chi connectivity index (χ0v) is 14.2. The van der Waals surface area contributed by atoms with Crippen molar-refractivity contribution in [2.24, 2.45) is 5.92 Å². The van der Waals surface area contributed by atoms with Gasteiger partial charge in [0.05, 0.1) is 0 Å². The first-order valence-corrected chi connectivity index (χ1v) is 8.19. The Labute approximate surface area is 151 Å². The summed E-state index contributed by atoms with van der Waals surface area (Å²) in [6.45, 7) is 0.0950. The van der Waals surface area contributed by atoms with Gasteiger partial charge in [0.15, 0.2) is 5.92 Å². The zero-order valence-electron chi connectivity index (χ0n) is 14.2. The Morgan fingerprint density at radius 2 is 1.31 bits per heavy atom. The van der Waals surface area contributed by atoms with Gasteiger partial charge in [-0.05, 0) is 17.5 Å². The van der Waals surface area contributed by atoms with Crippen LogP contribution in [0.15, 0.2) is 60.7 Å². The van der Waals surface area contributed by atoms with E-state index in [1.165, 1.54) is 0 Å². The van der Waals surface area contributed by atoms with Gasteiger partial charge in [-0.15, -0.1) is 0 Å². The molecule has 1 atom stereocenters. The zero-order chi connectivity index (χ0) is 18.8. The number of carboxylic acid groups (broad SMARTS) is 1. The largest absolute Gasteiger partial charge is 0.481 e. The van der Waals surface area contributed by atoms with Gasteiger partial charge in [0.25, 0.3) is 0 Å². The van der Waals surface area contributed by atoms with Crippen molar-refractivity contribution in [1.82, 2.24) is 0 Å². The maximum Gasteiger partial charge on any atom is 0.320 e. The van der Waals surface area contributed by atoms with E-state index in [9.17, 15) is 19.5 Å². The second-order valence-electron chi connectivity index (χ2n) is 5.67. The fraction of sp³-hybridized carbons (Fsp3) is 0.250. The van der Waals surface area contributed by atoms with E-state index in [0.29, 0.717) is 0 Å². The Kier molecular flexibility index (Phi) is 7.36. The van der Waals surface area contributed by atoms with Crippen LogP contribution >= 0.6 is 0 Å². The molecule has 0 radical (unpaired) electrons. The molecule has 0 fully saturated rings. The predicted molar refractivity (Wildman–Crippen MR) is 92.8 cm³/mol. The van der Waals surface area contributed by atoms with Crippen LogP contribution in [0.25, 0.3) is 0 Å². The highest BCUT2D eigenvalue weighted by atomic mass is 16.5. The molecule has 1 unspecified atom stereocenters. The van der Waals surface area contributed by atoms with Crippen LogP contribution in [0.5, 0.6) is 0 Å². The molecule has 136 valence electrons.